The molecule has 0 fully saturated rings. The van der Waals surface area contributed by atoms with Crippen LogP contribution in [0.2, 0.25) is 0 Å². The van der Waals surface area contributed by atoms with Crippen LogP contribution in [0.25, 0.3) is 0 Å². The number of aryl methyl sites for hydroxylation is 2. The maximum absolute atomic E-state index is 12.2. The third kappa shape index (κ3) is 3.94. The monoisotopic (exact) mass is 299 g/mol. The van der Waals surface area contributed by atoms with Gasteiger partial charge in [0.05, 0.1) is 5.69 Å². The van der Waals surface area contributed by atoms with Gasteiger partial charge in [-0.05, 0) is 37.1 Å². The standard InChI is InChI=1S/C13H21N3O3S/c1-9-7-11(14)12(8-10(9)2)20(18,19)15-6-5-13(17)16(3)4/h7-8,15H,5-6,14H2,1-4H3. The molecular weight excluding hydrogens is 278 g/mol. The van der Waals surface area contributed by atoms with Crippen LogP contribution in [-0.2, 0) is 14.8 Å². The summed E-state index contributed by atoms with van der Waals surface area (Å²) >= 11 is 0. The zero-order valence-electron chi connectivity index (χ0n) is 12.2. The van der Waals surface area contributed by atoms with E-state index in [0.29, 0.717) is 0 Å². The minimum absolute atomic E-state index is 0.0473. The van der Waals surface area contributed by atoms with Crippen molar-refractivity contribution < 1.29 is 13.2 Å². The minimum atomic E-state index is -3.70. The Bertz CT molecular complexity index is 610. The maximum Gasteiger partial charge on any atom is 0.242 e. The summed E-state index contributed by atoms with van der Waals surface area (Å²) in [5.74, 6) is -0.138. The zero-order valence-corrected chi connectivity index (χ0v) is 13.0. The number of sulfonamides is 1. The summed E-state index contributed by atoms with van der Waals surface area (Å²) < 4.78 is 26.7. The molecule has 0 unspecified atom stereocenters. The minimum Gasteiger partial charge on any atom is -0.398 e. The van der Waals surface area contributed by atoms with Crippen molar-refractivity contribution >= 4 is 21.6 Å². The fourth-order valence-electron chi connectivity index (χ4n) is 1.64. The van der Waals surface area contributed by atoms with Crippen LogP contribution < -0.4 is 10.5 Å². The van der Waals surface area contributed by atoms with Crippen molar-refractivity contribution in [2.75, 3.05) is 26.4 Å². The highest BCUT2D eigenvalue weighted by molar-refractivity contribution is 7.89. The summed E-state index contributed by atoms with van der Waals surface area (Å²) in [6, 6.07) is 3.18. The Balaban J connectivity index is 2.85. The first-order valence-electron chi connectivity index (χ1n) is 6.21. The number of carbonyl (C=O) groups excluding carboxylic acids is 1. The van der Waals surface area contributed by atoms with Crippen LogP contribution in [0.4, 0.5) is 5.69 Å². The lowest BCUT2D eigenvalue weighted by Crippen LogP contribution is -2.30. The highest BCUT2D eigenvalue weighted by Gasteiger charge is 2.18. The van der Waals surface area contributed by atoms with Gasteiger partial charge in [-0.1, -0.05) is 0 Å². The van der Waals surface area contributed by atoms with Crippen LogP contribution in [0.15, 0.2) is 17.0 Å². The van der Waals surface area contributed by atoms with Gasteiger partial charge in [0.1, 0.15) is 4.90 Å². The summed E-state index contributed by atoms with van der Waals surface area (Å²) in [5.41, 5.74) is 7.76. The number of benzene rings is 1. The van der Waals surface area contributed by atoms with Crippen LogP contribution >= 0.6 is 0 Å². The number of hydrogen-bond acceptors (Lipinski definition) is 4. The van der Waals surface area contributed by atoms with Crippen molar-refractivity contribution in [1.82, 2.24) is 9.62 Å². The summed E-state index contributed by atoms with van der Waals surface area (Å²) in [4.78, 5) is 12.9. The molecule has 7 heteroatoms. The molecule has 0 aliphatic heterocycles. The molecule has 1 aromatic carbocycles. The third-order valence-electron chi connectivity index (χ3n) is 3.05. The summed E-state index contributed by atoms with van der Waals surface area (Å²) in [5, 5.41) is 0. The second-order valence-electron chi connectivity index (χ2n) is 4.91. The molecule has 0 aliphatic rings. The van der Waals surface area contributed by atoms with E-state index in [1.165, 1.54) is 4.90 Å². The van der Waals surface area contributed by atoms with Crippen molar-refractivity contribution in [3.63, 3.8) is 0 Å². The Labute approximate surface area is 120 Å². The average Bonchev–Trinajstić information content (AvgIpc) is 2.33. The summed E-state index contributed by atoms with van der Waals surface area (Å²) in [7, 11) is -0.451. The SMILES string of the molecule is Cc1cc(N)c(S(=O)(=O)NCCC(=O)N(C)C)cc1C. The largest absolute Gasteiger partial charge is 0.398 e. The predicted octanol–water partition coefficient (Wildman–Crippen LogP) is 0.642. The highest BCUT2D eigenvalue weighted by atomic mass is 32.2. The van der Waals surface area contributed by atoms with Gasteiger partial charge in [-0.15, -0.1) is 0 Å². The second kappa shape index (κ2) is 6.23. The van der Waals surface area contributed by atoms with Gasteiger partial charge in [-0.2, -0.15) is 0 Å². The number of nitrogens with one attached hydrogen (secondary N) is 1. The fourth-order valence-corrected chi connectivity index (χ4v) is 2.87. The molecule has 3 N–H and O–H groups in total. The van der Waals surface area contributed by atoms with Gasteiger partial charge in [-0.3, -0.25) is 4.79 Å². The zero-order chi connectivity index (χ0) is 15.5. The molecule has 0 saturated carbocycles. The quantitative estimate of drug-likeness (QED) is 0.780. The van der Waals surface area contributed by atoms with Crippen LogP contribution in [0.1, 0.15) is 17.5 Å². The topological polar surface area (TPSA) is 92.5 Å². The Kier molecular flexibility index (Phi) is 5.13. The lowest BCUT2D eigenvalue weighted by Gasteiger charge is -2.13. The molecule has 1 amide bonds. The van der Waals surface area contributed by atoms with Crippen molar-refractivity contribution in [1.29, 1.82) is 0 Å². The lowest BCUT2D eigenvalue weighted by molar-refractivity contribution is -0.128. The molecule has 0 bridgehead atoms. The van der Waals surface area contributed by atoms with Crippen LogP contribution in [0.3, 0.4) is 0 Å². The Morgan fingerprint density at radius 1 is 1.25 bits per heavy atom. The number of nitrogens with two attached hydrogens (primary N) is 1. The molecule has 0 saturated heterocycles. The summed E-state index contributed by atoms with van der Waals surface area (Å²) in [6.45, 7) is 3.74. The Morgan fingerprint density at radius 2 is 1.80 bits per heavy atom. The van der Waals surface area contributed by atoms with E-state index in [1.54, 1.807) is 26.2 Å². The molecule has 0 radical (unpaired) electrons. The van der Waals surface area contributed by atoms with Crippen LogP contribution in [-0.4, -0.2) is 39.9 Å². The number of rotatable bonds is 5. The first kappa shape index (κ1) is 16.5. The van der Waals surface area contributed by atoms with E-state index in [9.17, 15) is 13.2 Å². The highest BCUT2D eigenvalue weighted by Crippen LogP contribution is 2.22. The maximum atomic E-state index is 12.2. The van der Waals surface area contributed by atoms with Crippen molar-refractivity contribution in [2.24, 2.45) is 0 Å². The number of nitrogen functional groups attached to an aromatic ring is 1. The lowest BCUT2D eigenvalue weighted by atomic mass is 10.1. The second-order valence-corrected chi connectivity index (χ2v) is 6.65. The number of carbonyl (C=O) groups is 1. The van der Waals surface area contributed by atoms with Gasteiger partial charge in [0.2, 0.25) is 15.9 Å². The van der Waals surface area contributed by atoms with E-state index < -0.39 is 10.0 Å². The van der Waals surface area contributed by atoms with Gasteiger partial charge >= 0.3 is 0 Å². The molecule has 0 spiro atoms. The van der Waals surface area contributed by atoms with Crippen LogP contribution in [0, 0.1) is 13.8 Å². The van der Waals surface area contributed by atoms with E-state index in [2.05, 4.69) is 4.72 Å². The molecule has 1 aromatic rings. The number of amides is 1. The van der Waals surface area contributed by atoms with E-state index in [-0.39, 0.29) is 29.5 Å². The molecule has 0 aliphatic carbocycles. The molecule has 112 valence electrons. The van der Waals surface area contributed by atoms with E-state index in [0.717, 1.165) is 11.1 Å². The smallest absolute Gasteiger partial charge is 0.242 e. The van der Waals surface area contributed by atoms with Crippen molar-refractivity contribution in [2.45, 2.75) is 25.2 Å². The first-order valence-corrected chi connectivity index (χ1v) is 7.70. The van der Waals surface area contributed by atoms with Gasteiger partial charge in [0, 0.05) is 27.1 Å². The summed E-state index contributed by atoms with van der Waals surface area (Å²) in [6.07, 6.45) is 0.108. The Hall–Kier alpha value is -1.60. The number of nitrogens with zero attached hydrogens (tertiary/aromatic N) is 1. The van der Waals surface area contributed by atoms with Gasteiger partial charge in [-0.25, -0.2) is 13.1 Å². The van der Waals surface area contributed by atoms with Gasteiger partial charge in [0.25, 0.3) is 0 Å². The van der Waals surface area contributed by atoms with Crippen LogP contribution in [0.5, 0.6) is 0 Å². The first-order chi connectivity index (χ1) is 9.15. The molecule has 20 heavy (non-hydrogen) atoms. The third-order valence-corrected chi connectivity index (χ3v) is 4.56. The average molecular weight is 299 g/mol. The van der Waals surface area contributed by atoms with E-state index >= 15 is 0 Å². The Morgan fingerprint density at radius 3 is 2.35 bits per heavy atom. The number of hydrogen-bond donors (Lipinski definition) is 2. The van der Waals surface area contributed by atoms with Crippen molar-refractivity contribution in [3.8, 4) is 0 Å². The molecule has 0 atom stereocenters. The fraction of sp³-hybridized carbons (Fsp3) is 0.462. The number of anilines is 1. The van der Waals surface area contributed by atoms with E-state index in [4.69, 9.17) is 5.73 Å². The molecule has 6 nitrogen and oxygen atoms in total. The molecule has 0 aromatic heterocycles. The molecular formula is C13H21N3O3S. The molecule has 0 heterocycles. The van der Waals surface area contributed by atoms with Crippen molar-refractivity contribution in [3.05, 3.63) is 23.3 Å². The predicted molar refractivity (Wildman–Crippen MR) is 78.8 cm³/mol. The molecule has 1 rings (SSSR count). The van der Waals surface area contributed by atoms with Gasteiger partial charge in [0.15, 0.2) is 0 Å². The normalized spacial score (nSPS) is 11.4. The van der Waals surface area contributed by atoms with E-state index in [1.807, 2.05) is 13.8 Å². The van der Waals surface area contributed by atoms with Gasteiger partial charge < -0.3 is 10.6 Å².